The van der Waals surface area contributed by atoms with E-state index in [1.807, 2.05) is 0 Å². The van der Waals surface area contributed by atoms with Crippen LogP contribution in [0, 0.1) is 0 Å². The standard InChI is InChI=1S/C13H18N2O3/c1-17-11-6-2-5-10(14)12(11)13(16)15-9-4-3-7-18-8-9/h2,5-6,9H,3-4,7-8,14H2,1H3,(H,15,16). The molecule has 3 N–H and O–H groups in total. The number of anilines is 1. The van der Waals surface area contributed by atoms with E-state index in [1.54, 1.807) is 18.2 Å². The molecule has 0 aliphatic carbocycles. The number of methoxy groups -OCH3 is 1. The average Bonchev–Trinajstić information content (AvgIpc) is 2.39. The maximum absolute atomic E-state index is 12.2. The number of nitrogens with two attached hydrogens (primary N) is 1. The fourth-order valence-corrected chi connectivity index (χ4v) is 2.07. The number of amides is 1. The molecule has 0 aromatic heterocycles. The third kappa shape index (κ3) is 2.73. The number of nitrogen functional groups attached to an aromatic ring is 1. The molecule has 1 heterocycles. The van der Waals surface area contributed by atoms with Gasteiger partial charge in [-0.1, -0.05) is 6.07 Å². The summed E-state index contributed by atoms with van der Waals surface area (Å²) in [5, 5.41) is 2.93. The second kappa shape index (κ2) is 5.73. The summed E-state index contributed by atoms with van der Waals surface area (Å²) in [4.78, 5) is 12.2. The second-order valence-electron chi connectivity index (χ2n) is 4.31. The van der Waals surface area contributed by atoms with Crippen molar-refractivity contribution in [3.63, 3.8) is 0 Å². The lowest BCUT2D eigenvalue weighted by molar-refractivity contribution is 0.0623. The number of hydrogen-bond donors (Lipinski definition) is 2. The van der Waals surface area contributed by atoms with Gasteiger partial charge >= 0.3 is 0 Å². The zero-order valence-corrected chi connectivity index (χ0v) is 10.4. The normalized spacial score (nSPS) is 19.3. The van der Waals surface area contributed by atoms with Crippen LogP contribution >= 0.6 is 0 Å². The first-order chi connectivity index (χ1) is 8.72. The van der Waals surface area contributed by atoms with Gasteiger partial charge in [0.25, 0.3) is 5.91 Å². The topological polar surface area (TPSA) is 73.6 Å². The first kappa shape index (κ1) is 12.7. The van der Waals surface area contributed by atoms with Gasteiger partial charge in [-0.05, 0) is 25.0 Å². The molecule has 1 atom stereocenters. The minimum absolute atomic E-state index is 0.0514. The van der Waals surface area contributed by atoms with Crippen LogP contribution in [0.15, 0.2) is 18.2 Å². The quantitative estimate of drug-likeness (QED) is 0.790. The zero-order chi connectivity index (χ0) is 13.0. The van der Waals surface area contributed by atoms with E-state index in [1.165, 1.54) is 7.11 Å². The zero-order valence-electron chi connectivity index (χ0n) is 10.4. The highest BCUT2D eigenvalue weighted by Gasteiger charge is 2.21. The van der Waals surface area contributed by atoms with Gasteiger partial charge in [-0.3, -0.25) is 4.79 Å². The van der Waals surface area contributed by atoms with Crippen LogP contribution < -0.4 is 15.8 Å². The van der Waals surface area contributed by atoms with E-state index < -0.39 is 0 Å². The molecule has 18 heavy (non-hydrogen) atoms. The van der Waals surface area contributed by atoms with Crippen molar-refractivity contribution in [1.29, 1.82) is 0 Å². The van der Waals surface area contributed by atoms with Gasteiger partial charge in [0.15, 0.2) is 0 Å². The summed E-state index contributed by atoms with van der Waals surface area (Å²) in [6.45, 7) is 1.32. The lowest BCUT2D eigenvalue weighted by atomic mass is 10.1. The third-order valence-electron chi connectivity index (χ3n) is 3.00. The third-order valence-corrected chi connectivity index (χ3v) is 3.00. The van der Waals surface area contributed by atoms with Gasteiger partial charge in [0.1, 0.15) is 11.3 Å². The molecule has 0 saturated carbocycles. The number of carbonyl (C=O) groups excluding carboxylic acids is 1. The summed E-state index contributed by atoms with van der Waals surface area (Å²) >= 11 is 0. The molecule has 0 radical (unpaired) electrons. The average molecular weight is 250 g/mol. The molecule has 1 saturated heterocycles. The molecule has 1 amide bonds. The Hall–Kier alpha value is -1.75. The van der Waals surface area contributed by atoms with Crippen molar-refractivity contribution in [2.75, 3.05) is 26.1 Å². The van der Waals surface area contributed by atoms with Gasteiger partial charge in [0.05, 0.1) is 19.8 Å². The van der Waals surface area contributed by atoms with Crippen LogP contribution in [-0.4, -0.2) is 32.3 Å². The van der Waals surface area contributed by atoms with Crippen molar-refractivity contribution in [1.82, 2.24) is 5.32 Å². The number of nitrogens with one attached hydrogen (secondary N) is 1. The van der Waals surface area contributed by atoms with Crippen LogP contribution in [0.5, 0.6) is 5.75 Å². The maximum Gasteiger partial charge on any atom is 0.257 e. The van der Waals surface area contributed by atoms with E-state index in [4.69, 9.17) is 15.2 Å². The molecule has 1 aliphatic rings. The SMILES string of the molecule is COc1cccc(N)c1C(=O)NC1CCCOC1. The number of rotatable bonds is 3. The first-order valence-electron chi connectivity index (χ1n) is 6.03. The van der Waals surface area contributed by atoms with E-state index in [0.717, 1.165) is 19.4 Å². The van der Waals surface area contributed by atoms with Crippen molar-refractivity contribution >= 4 is 11.6 Å². The Balaban J connectivity index is 2.12. The lowest BCUT2D eigenvalue weighted by Gasteiger charge is -2.23. The molecule has 1 fully saturated rings. The summed E-state index contributed by atoms with van der Waals surface area (Å²) in [7, 11) is 1.52. The maximum atomic E-state index is 12.2. The number of carbonyl (C=O) groups is 1. The molecule has 98 valence electrons. The summed E-state index contributed by atoms with van der Waals surface area (Å²) in [5.41, 5.74) is 6.64. The fraction of sp³-hybridized carbons (Fsp3) is 0.462. The van der Waals surface area contributed by atoms with Crippen molar-refractivity contribution in [2.45, 2.75) is 18.9 Å². The summed E-state index contributed by atoms with van der Waals surface area (Å²) in [5.74, 6) is 0.282. The molecule has 0 spiro atoms. The van der Waals surface area contributed by atoms with E-state index in [9.17, 15) is 4.79 Å². The van der Waals surface area contributed by atoms with Crippen LogP contribution in [-0.2, 0) is 4.74 Å². The van der Waals surface area contributed by atoms with Gasteiger partial charge in [-0.25, -0.2) is 0 Å². The summed E-state index contributed by atoms with van der Waals surface area (Å²) in [6.07, 6.45) is 1.90. The Morgan fingerprint density at radius 2 is 2.39 bits per heavy atom. The lowest BCUT2D eigenvalue weighted by Crippen LogP contribution is -2.40. The predicted molar refractivity (Wildman–Crippen MR) is 68.7 cm³/mol. The molecule has 5 heteroatoms. The minimum atomic E-state index is -0.208. The molecular weight excluding hydrogens is 232 g/mol. The highest BCUT2D eigenvalue weighted by atomic mass is 16.5. The van der Waals surface area contributed by atoms with E-state index in [2.05, 4.69) is 5.32 Å². The summed E-state index contributed by atoms with van der Waals surface area (Å²) < 4.78 is 10.5. The number of hydrogen-bond acceptors (Lipinski definition) is 4. The monoisotopic (exact) mass is 250 g/mol. The first-order valence-corrected chi connectivity index (χ1v) is 6.03. The van der Waals surface area contributed by atoms with E-state index in [0.29, 0.717) is 23.6 Å². The predicted octanol–water partition coefficient (Wildman–Crippen LogP) is 1.19. The van der Waals surface area contributed by atoms with Gasteiger partial charge in [-0.15, -0.1) is 0 Å². The fourth-order valence-electron chi connectivity index (χ4n) is 2.07. The Bertz CT molecular complexity index is 428. The van der Waals surface area contributed by atoms with Crippen LogP contribution in [0.1, 0.15) is 23.2 Å². The van der Waals surface area contributed by atoms with Crippen molar-refractivity contribution in [3.05, 3.63) is 23.8 Å². The Morgan fingerprint density at radius 3 is 3.06 bits per heavy atom. The van der Waals surface area contributed by atoms with Crippen molar-refractivity contribution in [2.24, 2.45) is 0 Å². The largest absolute Gasteiger partial charge is 0.496 e. The van der Waals surface area contributed by atoms with Crippen LogP contribution in [0.2, 0.25) is 0 Å². The smallest absolute Gasteiger partial charge is 0.257 e. The van der Waals surface area contributed by atoms with Crippen molar-refractivity contribution in [3.8, 4) is 5.75 Å². The molecule has 0 bridgehead atoms. The van der Waals surface area contributed by atoms with Gasteiger partial charge < -0.3 is 20.5 Å². The molecule has 1 aromatic carbocycles. The Morgan fingerprint density at radius 1 is 1.56 bits per heavy atom. The molecular formula is C13H18N2O3. The number of ether oxygens (including phenoxy) is 2. The van der Waals surface area contributed by atoms with Gasteiger partial charge in [0.2, 0.25) is 0 Å². The number of benzene rings is 1. The minimum Gasteiger partial charge on any atom is -0.496 e. The van der Waals surface area contributed by atoms with Crippen LogP contribution in [0.3, 0.4) is 0 Å². The van der Waals surface area contributed by atoms with Gasteiger partial charge in [0, 0.05) is 12.3 Å². The van der Waals surface area contributed by atoms with Gasteiger partial charge in [-0.2, -0.15) is 0 Å². The molecule has 1 aromatic rings. The van der Waals surface area contributed by atoms with Crippen LogP contribution in [0.25, 0.3) is 0 Å². The molecule has 1 aliphatic heterocycles. The molecule has 1 unspecified atom stereocenters. The summed E-state index contributed by atoms with van der Waals surface area (Å²) in [6, 6.07) is 5.22. The van der Waals surface area contributed by atoms with E-state index in [-0.39, 0.29) is 11.9 Å². The molecule has 5 nitrogen and oxygen atoms in total. The van der Waals surface area contributed by atoms with Crippen molar-refractivity contribution < 1.29 is 14.3 Å². The Labute approximate surface area is 106 Å². The van der Waals surface area contributed by atoms with Crippen LogP contribution in [0.4, 0.5) is 5.69 Å². The van der Waals surface area contributed by atoms with E-state index >= 15 is 0 Å². The highest BCUT2D eigenvalue weighted by molar-refractivity contribution is 6.02. The molecule has 2 rings (SSSR count). The highest BCUT2D eigenvalue weighted by Crippen LogP contribution is 2.24. The second-order valence-corrected chi connectivity index (χ2v) is 4.31. The Kier molecular flexibility index (Phi) is 4.04.